The molecule has 2 aromatic rings. The number of halogens is 2. The van der Waals surface area contributed by atoms with Gasteiger partial charge in [0.25, 0.3) is 11.3 Å². The summed E-state index contributed by atoms with van der Waals surface area (Å²) in [6.45, 7) is 0. The highest BCUT2D eigenvalue weighted by Gasteiger charge is 2.12. The van der Waals surface area contributed by atoms with Crippen LogP contribution in [0.4, 0.5) is 14.5 Å². The van der Waals surface area contributed by atoms with E-state index in [4.69, 9.17) is 9.29 Å². The minimum Gasteiger partial charge on any atom is -0.452 e. The summed E-state index contributed by atoms with van der Waals surface area (Å²) >= 11 is -0.708. The highest BCUT2D eigenvalue weighted by atomic mass is 32.2. The SMILES string of the molecule is CSCc1ccc(NS(=O)O)c(Oc2ccc(F)cc2F)c1. The molecule has 2 N–H and O–H groups in total. The number of hydrogen-bond acceptors (Lipinski definition) is 3. The summed E-state index contributed by atoms with van der Waals surface area (Å²) in [6, 6.07) is 7.90. The summed E-state index contributed by atoms with van der Waals surface area (Å²) in [4.78, 5) is 0. The molecule has 0 radical (unpaired) electrons. The lowest BCUT2D eigenvalue weighted by molar-refractivity contribution is 0.439. The monoisotopic (exact) mass is 345 g/mol. The molecule has 0 aliphatic rings. The molecule has 0 heterocycles. The molecule has 22 heavy (non-hydrogen) atoms. The maximum absolute atomic E-state index is 13.7. The van der Waals surface area contributed by atoms with Crippen LogP contribution in [0.25, 0.3) is 0 Å². The van der Waals surface area contributed by atoms with Crippen LogP contribution >= 0.6 is 11.8 Å². The van der Waals surface area contributed by atoms with Crippen molar-refractivity contribution in [2.24, 2.45) is 0 Å². The minimum atomic E-state index is -2.29. The van der Waals surface area contributed by atoms with Gasteiger partial charge in [0, 0.05) is 11.8 Å². The van der Waals surface area contributed by atoms with Crippen molar-refractivity contribution in [3.05, 3.63) is 53.6 Å². The number of nitrogens with one attached hydrogen (secondary N) is 1. The Kier molecular flexibility index (Phi) is 5.76. The molecule has 0 saturated heterocycles. The molecule has 2 aromatic carbocycles. The normalized spacial score (nSPS) is 12.0. The molecule has 0 spiro atoms. The topological polar surface area (TPSA) is 58.6 Å². The van der Waals surface area contributed by atoms with Crippen LogP contribution in [-0.2, 0) is 17.0 Å². The second-order valence-electron chi connectivity index (χ2n) is 4.29. The number of ether oxygens (including phenoxy) is 1. The molecule has 0 bridgehead atoms. The number of benzene rings is 2. The lowest BCUT2D eigenvalue weighted by atomic mass is 10.2. The van der Waals surface area contributed by atoms with Crippen LogP contribution in [-0.4, -0.2) is 15.0 Å². The Morgan fingerprint density at radius 3 is 2.64 bits per heavy atom. The second kappa shape index (κ2) is 7.57. The molecule has 0 aromatic heterocycles. The van der Waals surface area contributed by atoms with Crippen molar-refractivity contribution < 1.29 is 22.3 Å². The van der Waals surface area contributed by atoms with Gasteiger partial charge in [0.05, 0.1) is 5.69 Å². The predicted molar refractivity (Wildman–Crippen MR) is 84.5 cm³/mol. The van der Waals surface area contributed by atoms with Gasteiger partial charge in [-0.25, -0.2) is 13.0 Å². The van der Waals surface area contributed by atoms with E-state index in [1.54, 1.807) is 30.0 Å². The zero-order valence-electron chi connectivity index (χ0n) is 11.5. The van der Waals surface area contributed by atoms with Gasteiger partial charge >= 0.3 is 0 Å². The smallest absolute Gasteiger partial charge is 0.259 e. The average molecular weight is 345 g/mol. The first-order chi connectivity index (χ1) is 10.5. The molecule has 2 rings (SSSR count). The first kappa shape index (κ1) is 16.7. The fourth-order valence-corrected chi connectivity index (χ4v) is 2.63. The van der Waals surface area contributed by atoms with Crippen molar-refractivity contribution in [1.29, 1.82) is 0 Å². The van der Waals surface area contributed by atoms with Crippen LogP contribution in [0.2, 0.25) is 0 Å². The summed E-state index contributed by atoms with van der Waals surface area (Å²) < 4.78 is 54.2. The Bertz CT molecular complexity index is 698. The lowest BCUT2D eigenvalue weighted by Gasteiger charge is -2.13. The van der Waals surface area contributed by atoms with E-state index in [-0.39, 0.29) is 17.2 Å². The number of thioether (sulfide) groups is 1. The van der Waals surface area contributed by atoms with E-state index in [0.717, 1.165) is 17.7 Å². The fourth-order valence-electron chi connectivity index (χ4n) is 1.76. The van der Waals surface area contributed by atoms with E-state index in [0.29, 0.717) is 11.8 Å². The standard InChI is InChI=1S/C14H13F2NO3S2/c1-21-8-9-2-4-12(17-22(18)19)14(6-9)20-13-5-3-10(15)7-11(13)16/h2-7,17H,8H2,1H3,(H,18,19). The molecule has 0 fully saturated rings. The molecular formula is C14H13F2NO3S2. The van der Waals surface area contributed by atoms with E-state index < -0.39 is 22.9 Å². The Balaban J connectivity index is 2.36. The maximum Gasteiger partial charge on any atom is 0.259 e. The summed E-state index contributed by atoms with van der Waals surface area (Å²) in [5.41, 5.74) is 1.13. The molecule has 1 unspecified atom stereocenters. The third-order valence-electron chi connectivity index (χ3n) is 2.67. The Morgan fingerprint density at radius 2 is 2.00 bits per heavy atom. The van der Waals surface area contributed by atoms with Gasteiger partial charge in [-0.1, -0.05) is 6.07 Å². The molecule has 8 heteroatoms. The van der Waals surface area contributed by atoms with Crippen LogP contribution in [0.5, 0.6) is 11.5 Å². The van der Waals surface area contributed by atoms with Crippen LogP contribution in [0, 0.1) is 11.6 Å². The van der Waals surface area contributed by atoms with Crippen molar-refractivity contribution in [1.82, 2.24) is 0 Å². The Hall–Kier alpha value is -1.64. The van der Waals surface area contributed by atoms with Gasteiger partial charge in [-0.3, -0.25) is 9.27 Å². The van der Waals surface area contributed by atoms with Crippen LogP contribution in [0.15, 0.2) is 36.4 Å². The summed E-state index contributed by atoms with van der Waals surface area (Å²) in [5.74, 6) is -0.860. The summed E-state index contributed by atoms with van der Waals surface area (Å²) in [5, 5.41) is 0. The fraction of sp³-hybridized carbons (Fsp3) is 0.143. The summed E-state index contributed by atoms with van der Waals surface area (Å²) in [6.07, 6.45) is 1.93. The Labute approximate surface area is 133 Å². The second-order valence-corrected chi connectivity index (χ2v) is 5.86. The number of anilines is 1. The van der Waals surface area contributed by atoms with Crippen LogP contribution in [0.3, 0.4) is 0 Å². The van der Waals surface area contributed by atoms with Crippen molar-refractivity contribution in [3.63, 3.8) is 0 Å². The van der Waals surface area contributed by atoms with Crippen LogP contribution in [0.1, 0.15) is 5.56 Å². The number of hydrogen-bond donors (Lipinski definition) is 2. The van der Waals surface area contributed by atoms with Gasteiger partial charge in [-0.2, -0.15) is 11.8 Å². The third kappa shape index (κ3) is 4.43. The molecule has 0 amide bonds. The average Bonchev–Trinajstić information content (AvgIpc) is 2.44. The van der Waals surface area contributed by atoms with Gasteiger partial charge in [0.1, 0.15) is 5.82 Å². The van der Waals surface area contributed by atoms with E-state index in [1.165, 1.54) is 0 Å². The zero-order chi connectivity index (χ0) is 16.1. The van der Waals surface area contributed by atoms with E-state index in [1.807, 2.05) is 6.26 Å². The highest BCUT2D eigenvalue weighted by Crippen LogP contribution is 2.33. The van der Waals surface area contributed by atoms with Gasteiger partial charge in [-0.15, -0.1) is 0 Å². The van der Waals surface area contributed by atoms with Crippen molar-refractivity contribution in [2.45, 2.75) is 5.75 Å². The first-order valence-corrected chi connectivity index (χ1v) is 8.62. The van der Waals surface area contributed by atoms with Crippen molar-refractivity contribution in [3.8, 4) is 11.5 Å². The van der Waals surface area contributed by atoms with Gasteiger partial charge in [0.15, 0.2) is 17.3 Å². The number of rotatable bonds is 6. The first-order valence-electron chi connectivity index (χ1n) is 6.12. The van der Waals surface area contributed by atoms with Gasteiger partial charge in [0.2, 0.25) is 0 Å². The maximum atomic E-state index is 13.7. The lowest BCUT2D eigenvalue weighted by Crippen LogP contribution is -2.04. The quantitative estimate of drug-likeness (QED) is 0.772. The van der Waals surface area contributed by atoms with E-state index >= 15 is 0 Å². The van der Waals surface area contributed by atoms with E-state index in [9.17, 15) is 13.0 Å². The predicted octanol–water partition coefficient (Wildman–Crippen LogP) is 4.17. The zero-order valence-corrected chi connectivity index (χ0v) is 13.1. The molecule has 0 aliphatic heterocycles. The third-order valence-corrected chi connectivity index (χ3v) is 3.68. The molecule has 0 aliphatic carbocycles. The molecule has 4 nitrogen and oxygen atoms in total. The molecule has 1 atom stereocenters. The van der Waals surface area contributed by atoms with Crippen molar-refractivity contribution in [2.75, 3.05) is 11.0 Å². The van der Waals surface area contributed by atoms with E-state index in [2.05, 4.69) is 4.72 Å². The molecule has 0 saturated carbocycles. The van der Waals surface area contributed by atoms with Crippen molar-refractivity contribution >= 4 is 28.7 Å². The highest BCUT2D eigenvalue weighted by molar-refractivity contribution is 7.97. The van der Waals surface area contributed by atoms with Crippen LogP contribution < -0.4 is 9.46 Å². The molecular weight excluding hydrogens is 332 g/mol. The minimum absolute atomic E-state index is 0.172. The summed E-state index contributed by atoms with van der Waals surface area (Å²) in [7, 11) is 0. The molecule has 118 valence electrons. The van der Waals surface area contributed by atoms with Gasteiger partial charge < -0.3 is 4.74 Å². The largest absolute Gasteiger partial charge is 0.452 e. The van der Waals surface area contributed by atoms with Gasteiger partial charge in [-0.05, 0) is 36.1 Å². The Morgan fingerprint density at radius 1 is 1.23 bits per heavy atom.